The molecule has 0 aliphatic heterocycles. The molecule has 0 saturated heterocycles. The van der Waals surface area contributed by atoms with E-state index in [4.69, 9.17) is 4.42 Å². The van der Waals surface area contributed by atoms with Crippen molar-refractivity contribution in [1.29, 1.82) is 0 Å². The first kappa shape index (κ1) is 26.8. The van der Waals surface area contributed by atoms with Gasteiger partial charge in [-0.3, -0.25) is 9.59 Å². The van der Waals surface area contributed by atoms with Crippen LogP contribution in [0.4, 0.5) is 11.4 Å². The number of para-hydroxylation sites is 2. The van der Waals surface area contributed by atoms with Crippen molar-refractivity contribution in [3.8, 4) is 11.5 Å². The first-order valence-corrected chi connectivity index (χ1v) is 14.9. The summed E-state index contributed by atoms with van der Waals surface area (Å²) in [6, 6.07) is 32.7. The second-order valence-electron chi connectivity index (χ2n) is 10.3. The number of anilines is 2. The van der Waals surface area contributed by atoms with Gasteiger partial charge in [0, 0.05) is 27.8 Å². The first-order valence-electron chi connectivity index (χ1n) is 14.0. The molecule has 2 amide bonds. The summed E-state index contributed by atoms with van der Waals surface area (Å²) in [6.45, 7) is 0. The molecule has 41 heavy (non-hydrogen) atoms. The number of amides is 2. The van der Waals surface area contributed by atoms with Gasteiger partial charge in [0.05, 0.1) is 0 Å². The van der Waals surface area contributed by atoms with Crippen LogP contribution in [0.3, 0.4) is 0 Å². The van der Waals surface area contributed by atoms with E-state index in [0.29, 0.717) is 11.6 Å². The normalized spacial score (nSPS) is 14.4. The van der Waals surface area contributed by atoms with Crippen LogP contribution in [0.15, 0.2) is 112 Å². The molecule has 1 atom stereocenters. The molecule has 7 heteroatoms. The lowest BCUT2D eigenvalue weighted by molar-refractivity contribution is -0.120. The number of thioether (sulfide) groups is 1. The van der Waals surface area contributed by atoms with Gasteiger partial charge in [-0.25, -0.2) is 4.98 Å². The highest BCUT2D eigenvalue weighted by atomic mass is 32.2. The zero-order chi connectivity index (χ0) is 28.0. The number of hydrogen-bond acceptors (Lipinski definition) is 5. The highest BCUT2D eigenvalue weighted by molar-refractivity contribution is 8.00. The predicted octanol–water partition coefficient (Wildman–Crippen LogP) is 8.49. The lowest BCUT2D eigenvalue weighted by atomic mass is 9.88. The minimum Gasteiger partial charge on any atom is -0.436 e. The van der Waals surface area contributed by atoms with Crippen molar-refractivity contribution >= 4 is 46.1 Å². The summed E-state index contributed by atoms with van der Waals surface area (Å²) in [5, 5.41) is 5.67. The van der Waals surface area contributed by atoms with Gasteiger partial charge in [-0.05, 0) is 79.1 Å². The van der Waals surface area contributed by atoms with E-state index in [1.54, 1.807) is 0 Å². The van der Waals surface area contributed by atoms with E-state index in [2.05, 4.69) is 15.6 Å². The summed E-state index contributed by atoms with van der Waals surface area (Å²) in [7, 11) is 0. The molecule has 1 aromatic heterocycles. The van der Waals surface area contributed by atoms with Gasteiger partial charge in [0.15, 0.2) is 5.58 Å². The minimum absolute atomic E-state index is 0.105. The van der Waals surface area contributed by atoms with Gasteiger partial charge in [0.2, 0.25) is 17.7 Å². The summed E-state index contributed by atoms with van der Waals surface area (Å²) in [6.07, 6.45) is 5.40. The van der Waals surface area contributed by atoms with Crippen LogP contribution in [0.25, 0.3) is 22.6 Å². The predicted molar refractivity (Wildman–Crippen MR) is 165 cm³/mol. The maximum Gasteiger partial charge on any atom is 0.242 e. The molecule has 1 heterocycles. The molecular formula is C34H31N3O3S. The fourth-order valence-corrected chi connectivity index (χ4v) is 6.19. The molecule has 0 bridgehead atoms. The van der Waals surface area contributed by atoms with Crippen LogP contribution < -0.4 is 10.6 Å². The number of carbonyl (C=O) groups is 2. The van der Waals surface area contributed by atoms with Crippen molar-refractivity contribution in [3.63, 3.8) is 0 Å². The lowest BCUT2D eigenvalue weighted by Gasteiger charge is -2.21. The van der Waals surface area contributed by atoms with Crippen molar-refractivity contribution in [2.75, 3.05) is 10.6 Å². The van der Waals surface area contributed by atoms with Gasteiger partial charge >= 0.3 is 0 Å². The summed E-state index contributed by atoms with van der Waals surface area (Å²) in [4.78, 5) is 31.7. The molecule has 2 N–H and O–H groups in total. The van der Waals surface area contributed by atoms with Crippen LogP contribution in [-0.4, -0.2) is 16.8 Å². The molecule has 5 aromatic rings. The topological polar surface area (TPSA) is 84.2 Å². The zero-order valence-electron chi connectivity index (χ0n) is 22.6. The Balaban J connectivity index is 1.14. The first-order chi connectivity index (χ1) is 20.1. The molecule has 6 rings (SSSR count). The second kappa shape index (κ2) is 12.4. The molecule has 6 nitrogen and oxygen atoms in total. The van der Waals surface area contributed by atoms with E-state index < -0.39 is 5.25 Å². The maximum absolute atomic E-state index is 13.6. The standard InChI is InChI=1S/C34H31N3O3S/c38-32(24-11-5-2-6-12-24)35-27-19-21-28(22-20-27)41-31(23-9-3-1-4-10-23)33(39)36-26-17-15-25(16-18-26)34-37-29-13-7-8-14-30(29)40-34/h1,3-4,7-10,13-22,24,31H,2,5-6,11-12H2,(H,35,38)(H,36,39). The Morgan fingerprint density at radius 1 is 0.756 bits per heavy atom. The van der Waals surface area contributed by atoms with Crippen LogP contribution in [0.5, 0.6) is 0 Å². The average molecular weight is 562 g/mol. The number of benzene rings is 4. The Hall–Kier alpha value is -4.36. The number of aromatic nitrogens is 1. The monoisotopic (exact) mass is 561 g/mol. The van der Waals surface area contributed by atoms with Crippen molar-refractivity contribution < 1.29 is 14.0 Å². The Kier molecular flexibility index (Phi) is 8.14. The third-order valence-corrected chi connectivity index (χ3v) is 8.65. The van der Waals surface area contributed by atoms with E-state index in [-0.39, 0.29) is 17.7 Å². The molecule has 4 aromatic carbocycles. The summed E-state index contributed by atoms with van der Waals surface area (Å²) in [5.41, 5.74) is 4.77. The van der Waals surface area contributed by atoms with Crippen molar-refractivity contribution in [3.05, 3.63) is 109 Å². The van der Waals surface area contributed by atoms with Crippen LogP contribution in [0.2, 0.25) is 0 Å². The van der Waals surface area contributed by atoms with Crippen LogP contribution in [0, 0.1) is 5.92 Å². The molecule has 1 aliphatic rings. The number of nitrogens with zero attached hydrogens (tertiary/aromatic N) is 1. The Bertz CT molecular complexity index is 1590. The van der Waals surface area contributed by atoms with E-state index in [0.717, 1.165) is 58.5 Å². The molecular weight excluding hydrogens is 530 g/mol. The third kappa shape index (κ3) is 6.52. The van der Waals surface area contributed by atoms with Gasteiger partial charge in [-0.1, -0.05) is 61.7 Å². The average Bonchev–Trinajstić information content (AvgIpc) is 3.46. The maximum atomic E-state index is 13.6. The van der Waals surface area contributed by atoms with Crippen molar-refractivity contribution in [1.82, 2.24) is 4.98 Å². The van der Waals surface area contributed by atoms with Crippen LogP contribution in [-0.2, 0) is 9.59 Å². The Morgan fingerprint density at radius 2 is 1.41 bits per heavy atom. The van der Waals surface area contributed by atoms with Crippen LogP contribution >= 0.6 is 11.8 Å². The molecule has 1 unspecified atom stereocenters. The number of fused-ring (bicyclic) bond motifs is 1. The molecule has 1 aliphatic carbocycles. The molecule has 1 saturated carbocycles. The second-order valence-corrected chi connectivity index (χ2v) is 11.5. The summed E-state index contributed by atoms with van der Waals surface area (Å²) < 4.78 is 5.87. The largest absolute Gasteiger partial charge is 0.436 e. The quantitative estimate of drug-likeness (QED) is 0.186. The molecule has 1 fully saturated rings. The molecule has 0 spiro atoms. The minimum atomic E-state index is -0.462. The number of carbonyl (C=O) groups excluding carboxylic acids is 2. The van der Waals surface area contributed by atoms with Gasteiger partial charge in [-0.2, -0.15) is 0 Å². The fraction of sp³-hybridized carbons (Fsp3) is 0.206. The zero-order valence-corrected chi connectivity index (χ0v) is 23.4. The Morgan fingerprint density at radius 3 is 2.15 bits per heavy atom. The summed E-state index contributed by atoms with van der Waals surface area (Å²) in [5.74, 6) is 0.632. The highest BCUT2D eigenvalue weighted by Crippen LogP contribution is 2.37. The summed E-state index contributed by atoms with van der Waals surface area (Å²) >= 11 is 1.48. The smallest absolute Gasteiger partial charge is 0.242 e. The van der Waals surface area contributed by atoms with Crippen LogP contribution in [0.1, 0.15) is 42.9 Å². The number of rotatable bonds is 8. The SMILES string of the molecule is O=C(Nc1ccc(SC(C(=O)Nc2ccc(-c3nc4ccccc4o3)cc2)c2ccccc2)cc1)C1CCCCC1. The molecule has 206 valence electrons. The van der Waals surface area contributed by atoms with Crippen molar-refractivity contribution in [2.24, 2.45) is 5.92 Å². The number of hydrogen-bond donors (Lipinski definition) is 2. The number of oxazole rings is 1. The van der Waals surface area contributed by atoms with Gasteiger partial charge in [-0.15, -0.1) is 11.8 Å². The number of nitrogens with one attached hydrogen (secondary N) is 2. The highest BCUT2D eigenvalue weighted by Gasteiger charge is 2.23. The van der Waals surface area contributed by atoms with E-state index in [1.807, 2.05) is 103 Å². The van der Waals surface area contributed by atoms with E-state index in [9.17, 15) is 9.59 Å². The lowest BCUT2D eigenvalue weighted by Crippen LogP contribution is -2.24. The van der Waals surface area contributed by atoms with Gasteiger partial charge < -0.3 is 15.1 Å². The van der Waals surface area contributed by atoms with E-state index >= 15 is 0 Å². The van der Waals surface area contributed by atoms with Crippen molar-refractivity contribution in [2.45, 2.75) is 42.2 Å². The van der Waals surface area contributed by atoms with Gasteiger partial charge in [0.25, 0.3) is 0 Å². The van der Waals surface area contributed by atoms with E-state index in [1.165, 1.54) is 18.2 Å². The molecule has 0 radical (unpaired) electrons. The Labute approximate surface area is 243 Å². The fourth-order valence-electron chi connectivity index (χ4n) is 5.16. The third-order valence-electron chi connectivity index (χ3n) is 7.39. The van der Waals surface area contributed by atoms with Gasteiger partial charge in [0.1, 0.15) is 10.8 Å².